The zero-order valence-electron chi connectivity index (χ0n) is 11.4. The SMILES string of the molecule is O=C1CSC(c2ccc3ncccc3c2)C2CNNC2N1. The van der Waals surface area contributed by atoms with Crippen LogP contribution >= 0.6 is 11.8 Å². The van der Waals surface area contributed by atoms with Gasteiger partial charge < -0.3 is 5.32 Å². The molecule has 1 aromatic carbocycles. The van der Waals surface area contributed by atoms with Crippen LogP contribution in [0.25, 0.3) is 10.9 Å². The fourth-order valence-corrected chi connectivity index (χ4v) is 4.31. The number of amides is 1. The molecule has 2 saturated heterocycles. The smallest absolute Gasteiger partial charge is 0.231 e. The first-order valence-electron chi connectivity index (χ1n) is 7.05. The largest absolute Gasteiger partial charge is 0.338 e. The van der Waals surface area contributed by atoms with E-state index in [4.69, 9.17) is 0 Å². The molecule has 4 rings (SSSR count). The van der Waals surface area contributed by atoms with Crippen LogP contribution in [0.5, 0.6) is 0 Å². The number of pyridine rings is 1. The Hall–Kier alpha value is -1.63. The Morgan fingerprint density at radius 3 is 3.19 bits per heavy atom. The first-order valence-corrected chi connectivity index (χ1v) is 8.10. The molecule has 0 bridgehead atoms. The second kappa shape index (κ2) is 5.29. The van der Waals surface area contributed by atoms with Crippen molar-refractivity contribution in [3.8, 4) is 0 Å². The first-order chi connectivity index (χ1) is 10.3. The first kappa shape index (κ1) is 13.1. The van der Waals surface area contributed by atoms with Crippen molar-refractivity contribution in [2.75, 3.05) is 12.3 Å². The number of carbonyl (C=O) groups excluding carboxylic acids is 1. The molecule has 0 spiro atoms. The van der Waals surface area contributed by atoms with Crippen molar-refractivity contribution in [3.63, 3.8) is 0 Å². The van der Waals surface area contributed by atoms with E-state index >= 15 is 0 Å². The van der Waals surface area contributed by atoms with Gasteiger partial charge in [0, 0.05) is 29.3 Å². The number of nitrogens with one attached hydrogen (secondary N) is 3. The van der Waals surface area contributed by atoms with Crippen molar-refractivity contribution in [1.29, 1.82) is 0 Å². The third kappa shape index (κ3) is 2.39. The third-order valence-electron chi connectivity index (χ3n) is 4.08. The number of fused-ring (bicyclic) bond motifs is 2. The Kier molecular flexibility index (Phi) is 3.29. The van der Waals surface area contributed by atoms with Gasteiger partial charge in [0.2, 0.25) is 5.91 Å². The van der Waals surface area contributed by atoms with Gasteiger partial charge >= 0.3 is 0 Å². The molecule has 1 amide bonds. The number of rotatable bonds is 1. The fourth-order valence-electron chi connectivity index (χ4n) is 3.06. The molecule has 21 heavy (non-hydrogen) atoms. The molecular formula is C15H16N4OS. The van der Waals surface area contributed by atoms with Crippen molar-refractivity contribution in [1.82, 2.24) is 21.2 Å². The molecule has 3 N–H and O–H groups in total. The predicted octanol–water partition coefficient (Wildman–Crippen LogP) is 1.19. The fraction of sp³-hybridized carbons (Fsp3) is 0.333. The summed E-state index contributed by atoms with van der Waals surface area (Å²) in [5.41, 5.74) is 8.59. The highest BCUT2D eigenvalue weighted by molar-refractivity contribution is 8.00. The predicted molar refractivity (Wildman–Crippen MR) is 83.5 cm³/mol. The molecule has 0 saturated carbocycles. The van der Waals surface area contributed by atoms with E-state index < -0.39 is 0 Å². The summed E-state index contributed by atoms with van der Waals surface area (Å²) >= 11 is 1.72. The van der Waals surface area contributed by atoms with Crippen molar-refractivity contribution in [2.45, 2.75) is 11.4 Å². The van der Waals surface area contributed by atoms with Gasteiger partial charge in [-0.15, -0.1) is 11.8 Å². The van der Waals surface area contributed by atoms with Gasteiger partial charge in [-0.25, -0.2) is 5.43 Å². The van der Waals surface area contributed by atoms with Gasteiger partial charge in [0.05, 0.1) is 17.4 Å². The van der Waals surface area contributed by atoms with Crippen LogP contribution < -0.4 is 16.2 Å². The highest BCUT2D eigenvalue weighted by Gasteiger charge is 2.38. The summed E-state index contributed by atoms with van der Waals surface area (Å²) in [6.07, 6.45) is 1.81. The molecule has 1 aromatic heterocycles. The number of aromatic nitrogens is 1. The maximum absolute atomic E-state index is 11.8. The number of thioether (sulfide) groups is 1. The van der Waals surface area contributed by atoms with Gasteiger partial charge in [0.15, 0.2) is 0 Å². The molecule has 6 heteroatoms. The molecule has 3 atom stereocenters. The maximum atomic E-state index is 11.8. The summed E-state index contributed by atoms with van der Waals surface area (Å²) in [6.45, 7) is 0.855. The van der Waals surface area contributed by atoms with Gasteiger partial charge in [0.25, 0.3) is 0 Å². The molecule has 5 nitrogen and oxygen atoms in total. The highest BCUT2D eigenvalue weighted by atomic mass is 32.2. The second-order valence-corrected chi connectivity index (χ2v) is 6.55. The van der Waals surface area contributed by atoms with E-state index in [1.165, 1.54) is 5.56 Å². The molecule has 2 aliphatic heterocycles. The summed E-state index contributed by atoms with van der Waals surface area (Å²) < 4.78 is 0. The number of hydrogen-bond donors (Lipinski definition) is 3. The Labute approximate surface area is 126 Å². The van der Waals surface area contributed by atoms with Crippen molar-refractivity contribution < 1.29 is 4.79 Å². The maximum Gasteiger partial charge on any atom is 0.231 e. The molecule has 108 valence electrons. The zero-order chi connectivity index (χ0) is 14.2. The van der Waals surface area contributed by atoms with Crippen LogP contribution in [0.1, 0.15) is 10.8 Å². The van der Waals surface area contributed by atoms with E-state index in [2.05, 4.69) is 45.4 Å². The quantitative estimate of drug-likeness (QED) is 0.738. The minimum atomic E-state index is 0.00194. The Bertz CT molecular complexity index is 692. The van der Waals surface area contributed by atoms with Gasteiger partial charge in [-0.1, -0.05) is 12.1 Å². The summed E-state index contributed by atoms with van der Waals surface area (Å²) in [6, 6.07) is 10.4. The highest BCUT2D eigenvalue weighted by Crippen LogP contribution is 2.40. The Morgan fingerprint density at radius 1 is 1.29 bits per heavy atom. The van der Waals surface area contributed by atoms with E-state index in [1.54, 1.807) is 11.8 Å². The molecule has 2 aliphatic rings. The van der Waals surface area contributed by atoms with E-state index in [9.17, 15) is 4.79 Å². The van der Waals surface area contributed by atoms with Gasteiger partial charge in [0.1, 0.15) is 0 Å². The van der Waals surface area contributed by atoms with Crippen molar-refractivity contribution in [2.24, 2.45) is 5.92 Å². The van der Waals surface area contributed by atoms with Crippen LogP contribution in [0, 0.1) is 5.92 Å². The number of benzene rings is 1. The van der Waals surface area contributed by atoms with E-state index in [1.807, 2.05) is 12.3 Å². The number of hydrogen-bond acceptors (Lipinski definition) is 5. The van der Waals surface area contributed by atoms with Crippen LogP contribution in [0.4, 0.5) is 0 Å². The van der Waals surface area contributed by atoms with Crippen LogP contribution in [-0.2, 0) is 4.79 Å². The van der Waals surface area contributed by atoms with Gasteiger partial charge in [-0.2, -0.15) is 0 Å². The Balaban J connectivity index is 1.73. The van der Waals surface area contributed by atoms with Crippen molar-refractivity contribution in [3.05, 3.63) is 42.1 Å². The third-order valence-corrected chi connectivity index (χ3v) is 5.49. The van der Waals surface area contributed by atoms with Crippen LogP contribution in [-0.4, -0.2) is 29.4 Å². The number of carbonyl (C=O) groups is 1. The van der Waals surface area contributed by atoms with E-state index in [-0.39, 0.29) is 12.1 Å². The lowest BCUT2D eigenvalue weighted by Gasteiger charge is -2.24. The average Bonchev–Trinajstić information content (AvgIpc) is 2.89. The lowest BCUT2D eigenvalue weighted by Crippen LogP contribution is -2.46. The molecule has 2 fully saturated rings. The summed E-state index contributed by atoms with van der Waals surface area (Å²) in [7, 11) is 0. The molecule has 0 aliphatic carbocycles. The monoisotopic (exact) mass is 300 g/mol. The molecular weight excluding hydrogens is 284 g/mol. The minimum absolute atomic E-state index is 0.00194. The molecule has 3 heterocycles. The Morgan fingerprint density at radius 2 is 2.24 bits per heavy atom. The second-order valence-electron chi connectivity index (χ2n) is 5.42. The molecule has 2 aromatic rings. The average molecular weight is 300 g/mol. The topological polar surface area (TPSA) is 66.0 Å². The number of hydrazine groups is 1. The lowest BCUT2D eigenvalue weighted by molar-refractivity contribution is -0.119. The summed E-state index contributed by atoms with van der Waals surface area (Å²) in [4.78, 5) is 16.2. The zero-order valence-corrected chi connectivity index (χ0v) is 12.2. The summed E-state index contributed by atoms with van der Waals surface area (Å²) in [5.74, 6) is 0.941. The van der Waals surface area contributed by atoms with E-state index in [0.29, 0.717) is 16.9 Å². The van der Waals surface area contributed by atoms with E-state index in [0.717, 1.165) is 17.4 Å². The summed E-state index contributed by atoms with van der Waals surface area (Å²) in [5, 5.41) is 4.47. The van der Waals surface area contributed by atoms with Crippen LogP contribution in [0.2, 0.25) is 0 Å². The van der Waals surface area contributed by atoms with Crippen LogP contribution in [0.3, 0.4) is 0 Å². The lowest BCUT2D eigenvalue weighted by atomic mass is 9.96. The number of nitrogens with zero attached hydrogens (tertiary/aromatic N) is 1. The van der Waals surface area contributed by atoms with Gasteiger partial charge in [-0.05, 0) is 23.8 Å². The van der Waals surface area contributed by atoms with Gasteiger partial charge in [-0.3, -0.25) is 15.2 Å². The molecule has 0 radical (unpaired) electrons. The molecule has 3 unspecified atom stereocenters. The van der Waals surface area contributed by atoms with Crippen LogP contribution in [0.15, 0.2) is 36.5 Å². The standard InChI is InChI=1S/C15H16N4OS/c20-13-8-21-14(11-7-17-19-15(11)18-13)10-3-4-12-9(6-10)2-1-5-16-12/h1-6,11,14-15,17,19H,7-8H2,(H,18,20). The normalized spacial score (nSPS) is 29.0. The van der Waals surface area contributed by atoms with Crippen molar-refractivity contribution >= 4 is 28.6 Å². The minimum Gasteiger partial charge on any atom is -0.338 e.